The lowest BCUT2D eigenvalue weighted by Crippen LogP contribution is -2.14. The first-order chi connectivity index (χ1) is 7.00. The summed E-state index contributed by atoms with van der Waals surface area (Å²) in [7, 11) is 1.34. The van der Waals surface area contributed by atoms with Gasteiger partial charge in [-0.05, 0) is 11.6 Å². The Balaban J connectivity index is 3.27. The number of hydrogen-bond acceptors (Lipinski definition) is 3. The van der Waals surface area contributed by atoms with E-state index in [0.717, 1.165) is 6.92 Å². The maximum absolute atomic E-state index is 13.3. The molecule has 0 heterocycles. The van der Waals surface area contributed by atoms with Crippen LogP contribution < -0.4 is 10.6 Å². The molecule has 0 amide bonds. The van der Waals surface area contributed by atoms with E-state index in [4.69, 9.17) is 10.6 Å². The van der Waals surface area contributed by atoms with Gasteiger partial charge in [0.15, 0.2) is 0 Å². The zero-order chi connectivity index (χ0) is 11.5. The van der Waals surface area contributed by atoms with Crippen LogP contribution in [0.25, 0.3) is 0 Å². The predicted octanol–water partition coefficient (Wildman–Crippen LogP) is 2.20. The monoisotopic (exact) mass is 217 g/mol. The fourth-order valence-electron chi connectivity index (χ4n) is 1.45. The predicted molar refractivity (Wildman–Crippen MR) is 51.5 cm³/mol. The van der Waals surface area contributed by atoms with Crippen LogP contribution in [0.1, 0.15) is 18.1 Å². The van der Waals surface area contributed by atoms with Crippen LogP contribution in [0, 0.1) is 0 Å². The van der Waals surface area contributed by atoms with Crippen LogP contribution in [-0.4, -0.2) is 7.11 Å². The molecular weight excluding hydrogens is 204 g/mol. The number of rotatable bonds is 4. The Labute approximate surface area is 86.7 Å². The molecule has 0 saturated carbocycles. The second-order valence-corrected chi connectivity index (χ2v) is 3.19. The maximum atomic E-state index is 13.3. The minimum absolute atomic E-state index is 0.0734. The molecule has 0 aliphatic carbocycles. The summed E-state index contributed by atoms with van der Waals surface area (Å²) in [5, 5.41) is 0. The lowest BCUT2D eigenvalue weighted by Gasteiger charge is -2.18. The van der Waals surface area contributed by atoms with Gasteiger partial charge in [0.2, 0.25) is 0 Å². The van der Waals surface area contributed by atoms with Crippen molar-refractivity contribution in [1.29, 1.82) is 0 Å². The number of nitrogens with two attached hydrogens (primary N) is 1. The van der Waals surface area contributed by atoms with Crippen molar-refractivity contribution in [2.24, 2.45) is 5.90 Å². The maximum Gasteiger partial charge on any atom is 0.274 e. The van der Waals surface area contributed by atoms with Crippen LogP contribution in [0.3, 0.4) is 0 Å². The zero-order valence-electron chi connectivity index (χ0n) is 8.59. The smallest absolute Gasteiger partial charge is 0.274 e. The van der Waals surface area contributed by atoms with E-state index in [1.807, 2.05) is 0 Å². The summed E-state index contributed by atoms with van der Waals surface area (Å²) in [4.78, 5) is 4.37. The van der Waals surface area contributed by atoms with Gasteiger partial charge in [0, 0.05) is 6.92 Å². The Hall–Kier alpha value is -1.20. The van der Waals surface area contributed by atoms with Gasteiger partial charge in [0.1, 0.15) is 5.75 Å². The summed E-state index contributed by atoms with van der Waals surface area (Å²) in [5.41, 5.74) is 0.141. The van der Waals surface area contributed by atoms with E-state index in [0.29, 0.717) is 5.56 Å². The van der Waals surface area contributed by atoms with Crippen molar-refractivity contribution in [1.82, 2.24) is 0 Å². The average Bonchev–Trinajstić information content (AvgIpc) is 2.16. The topological polar surface area (TPSA) is 44.5 Å². The summed E-state index contributed by atoms with van der Waals surface area (Å²) < 4.78 is 31.5. The molecule has 0 atom stereocenters. The SMILES string of the molecule is COc1cccc(CON)c1C(C)(F)F. The Morgan fingerprint density at radius 1 is 1.40 bits per heavy atom. The molecule has 2 N–H and O–H groups in total. The molecule has 0 unspecified atom stereocenters. The van der Waals surface area contributed by atoms with Crippen molar-refractivity contribution in [3.8, 4) is 5.75 Å². The number of hydrogen-bond donors (Lipinski definition) is 1. The van der Waals surface area contributed by atoms with Gasteiger partial charge in [0.25, 0.3) is 5.92 Å². The highest BCUT2D eigenvalue weighted by Gasteiger charge is 2.31. The fraction of sp³-hybridized carbons (Fsp3) is 0.400. The van der Waals surface area contributed by atoms with E-state index >= 15 is 0 Å². The van der Waals surface area contributed by atoms with Crippen molar-refractivity contribution in [3.05, 3.63) is 29.3 Å². The van der Waals surface area contributed by atoms with Crippen LogP contribution in [0.2, 0.25) is 0 Å². The Morgan fingerprint density at radius 3 is 2.53 bits per heavy atom. The van der Waals surface area contributed by atoms with Crippen LogP contribution in [0.5, 0.6) is 5.75 Å². The number of ether oxygens (including phenoxy) is 1. The molecule has 1 rings (SSSR count). The van der Waals surface area contributed by atoms with Gasteiger partial charge in [-0.25, -0.2) is 14.7 Å². The van der Waals surface area contributed by atoms with Gasteiger partial charge < -0.3 is 4.74 Å². The normalized spacial score (nSPS) is 11.5. The first-order valence-electron chi connectivity index (χ1n) is 4.36. The van der Waals surface area contributed by atoms with E-state index in [1.165, 1.54) is 19.2 Å². The summed E-state index contributed by atoms with van der Waals surface area (Å²) in [6, 6.07) is 4.62. The summed E-state index contributed by atoms with van der Waals surface area (Å²) in [5.74, 6) is 2.03. The van der Waals surface area contributed by atoms with Crippen molar-refractivity contribution in [3.63, 3.8) is 0 Å². The molecule has 0 radical (unpaired) electrons. The van der Waals surface area contributed by atoms with Crippen LogP contribution >= 0.6 is 0 Å². The molecule has 0 spiro atoms. The van der Waals surface area contributed by atoms with Crippen molar-refractivity contribution < 1.29 is 18.4 Å². The van der Waals surface area contributed by atoms with Crippen molar-refractivity contribution in [2.75, 3.05) is 7.11 Å². The third kappa shape index (κ3) is 2.64. The zero-order valence-corrected chi connectivity index (χ0v) is 8.59. The molecule has 5 heteroatoms. The van der Waals surface area contributed by atoms with Crippen molar-refractivity contribution >= 4 is 0 Å². The molecular formula is C10H13F2NO2. The molecule has 0 fully saturated rings. The van der Waals surface area contributed by atoms with E-state index in [1.54, 1.807) is 6.07 Å². The Kier molecular flexibility index (Phi) is 3.60. The molecule has 3 nitrogen and oxygen atoms in total. The van der Waals surface area contributed by atoms with E-state index in [-0.39, 0.29) is 17.9 Å². The van der Waals surface area contributed by atoms with Crippen molar-refractivity contribution in [2.45, 2.75) is 19.5 Å². The molecule has 84 valence electrons. The van der Waals surface area contributed by atoms with Gasteiger partial charge >= 0.3 is 0 Å². The van der Waals surface area contributed by atoms with E-state index < -0.39 is 5.92 Å². The van der Waals surface area contributed by atoms with Crippen LogP contribution in [0.15, 0.2) is 18.2 Å². The standard InChI is InChI=1S/C10H13F2NO2/c1-10(11,12)9-7(6-15-13)4-3-5-8(9)14-2/h3-5H,6,13H2,1-2H3. The highest BCUT2D eigenvalue weighted by molar-refractivity contribution is 5.42. The molecule has 1 aromatic rings. The minimum Gasteiger partial charge on any atom is -0.496 e. The van der Waals surface area contributed by atoms with Gasteiger partial charge in [-0.15, -0.1) is 0 Å². The molecule has 15 heavy (non-hydrogen) atoms. The van der Waals surface area contributed by atoms with Crippen LogP contribution in [0.4, 0.5) is 8.78 Å². The largest absolute Gasteiger partial charge is 0.496 e. The molecule has 0 aliphatic heterocycles. The van der Waals surface area contributed by atoms with Crippen LogP contribution in [-0.2, 0) is 17.4 Å². The number of alkyl halides is 2. The van der Waals surface area contributed by atoms with E-state index in [9.17, 15) is 8.78 Å². The number of methoxy groups -OCH3 is 1. The second-order valence-electron chi connectivity index (χ2n) is 3.19. The second kappa shape index (κ2) is 4.55. The molecule has 0 aliphatic rings. The lowest BCUT2D eigenvalue weighted by atomic mass is 10.0. The molecule has 1 aromatic carbocycles. The van der Waals surface area contributed by atoms with E-state index in [2.05, 4.69) is 4.84 Å². The molecule has 0 aromatic heterocycles. The highest BCUT2D eigenvalue weighted by Crippen LogP contribution is 2.37. The Morgan fingerprint density at radius 2 is 2.07 bits per heavy atom. The van der Waals surface area contributed by atoms with Gasteiger partial charge in [-0.3, -0.25) is 4.84 Å². The van der Waals surface area contributed by atoms with Gasteiger partial charge in [0.05, 0.1) is 19.3 Å². The third-order valence-electron chi connectivity index (χ3n) is 2.01. The number of benzene rings is 1. The first-order valence-corrected chi connectivity index (χ1v) is 4.36. The summed E-state index contributed by atoms with van der Waals surface area (Å²) in [6.07, 6.45) is 0. The molecule has 0 bridgehead atoms. The lowest BCUT2D eigenvalue weighted by molar-refractivity contribution is 0.0114. The first kappa shape index (κ1) is 11.9. The highest BCUT2D eigenvalue weighted by atomic mass is 19.3. The fourth-order valence-corrected chi connectivity index (χ4v) is 1.45. The molecule has 0 saturated heterocycles. The average molecular weight is 217 g/mol. The minimum atomic E-state index is -2.99. The van der Waals surface area contributed by atoms with Gasteiger partial charge in [-0.2, -0.15) is 0 Å². The third-order valence-corrected chi connectivity index (χ3v) is 2.01. The summed E-state index contributed by atoms with van der Waals surface area (Å²) >= 11 is 0. The number of halogens is 2. The van der Waals surface area contributed by atoms with Gasteiger partial charge in [-0.1, -0.05) is 12.1 Å². The summed E-state index contributed by atoms with van der Waals surface area (Å²) in [6.45, 7) is 0.737. The Bertz CT molecular complexity index is 337. The quantitative estimate of drug-likeness (QED) is 0.786.